The second kappa shape index (κ2) is 15.2. The third-order valence-corrected chi connectivity index (χ3v) is 6.59. The molecule has 0 radical (unpaired) electrons. The quantitative estimate of drug-likeness (QED) is 0.189. The van der Waals surface area contributed by atoms with Gasteiger partial charge in [-0.15, -0.1) is 6.58 Å². The molecule has 1 atom stereocenters. The lowest BCUT2D eigenvalue weighted by molar-refractivity contribution is 0.627. The van der Waals surface area contributed by atoms with Crippen molar-refractivity contribution in [2.45, 2.75) is 51.0 Å². The van der Waals surface area contributed by atoms with Crippen LogP contribution in [0.4, 0.5) is 4.39 Å². The van der Waals surface area contributed by atoms with Gasteiger partial charge in [0.05, 0.1) is 6.04 Å². The predicted molar refractivity (Wildman–Crippen MR) is 153 cm³/mol. The number of unbranched alkanes of at least 4 members (excludes halogenated alkanes) is 1. The van der Waals surface area contributed by atoms with Crippen LogP contribution in [0.3, 0.4) is 0 Å². The molecule has 0 fully saturated rings. The van der Waals surface area contributed by atoms with Crippen LogP contribution in [0.15, 0.2) is 89.6 Å². The summed E-state index contributed by atoms with van der Waals surface area (Å²) in [6, 6.07) is 12.6. The number of nitrogens with one attached hydrogen (secondary N) is 1. The Morgan fingerprint density at radius 1 is 1.14 bits per heavy atom. The second-order valence-electron chi connectivity index (χ2n) is 9.09. The minimum absolute atomic E-state index is 0.109. The zero-order chi connectivity index (χ0) is 25.6. The molecule has 2 aromatic rings. The van der Waals surface area contributed by atoms with Gasteiger partial charge in [0.2, 0.25) is 0 Å². The van der Waals surface area contributed by atoms with Gasteiger partial charge in [-0.25, -0.2) is 4.39 Å². The molecule has 3 N–H and O–H groups in total. The van der Waals surface area contributed by atoms with Crippen LogP contribution in [0.25, 0.3) is 6.08 Å². The van der Waals surface area contributed by atoms with Crippen molar-refractivity contribution in [2.24, 2.45) is 10.7 Å². The van der Waals surface area contributed by atoms with Crippen LogP contribution in [-0.4, -0.2) is 25.3 Å². The Morgan fingerprint density at radius 3 is 2.75 bits per heavy atom. The second-order valence-corrected chi connectivity index (χ2v) is 9.50. The molecule has 0 saturated carbocycles. The molecular weight excluding hydrogens is 469 g/mol. The molecule has 36 heavy (non-hydrogen) atoms. The average molecular weight is 506 g/mol. The van der Waals surface area contributed by atoms with Gasteiger partial charge in [-0.2, -0.15) is 0 Å². The standard InChI is InChI=1S/C31H37ClFN3/c1-2-29(36-23-27-21-28(33)16-18-31(27)32)20-25-13-11-24(12-14-25)8-4-3-5-10-30-17-15-26(22-34)9-6-7-19-35-30/h2,4,8,11-18,21,23,29,35H,1,3,5-7,9-10,19-20,22,34H2/b8-4-,26-15-,30-17-,36-23+. The van der Waals surface area contributed by atoms with Gasteiger partial charge < -0.3 is 11.1 Å². The fraction of sp³-hybridized carbons (Fsp3) is 0.323. The molecule has 1 aliphatic heterocycles. The lowest BCUT2D eigenvalue weighted by Gasteiger charge is -2.09. The summed E-state index contributed by atoms with van der Waals surface area (Å²) in [5, 5.41) is 4.05. The highest BCUT2D eigenvalue weighted by atomic mass is 35.5. The van der Waals surface area contributed by atoms with Gasteiger partial charge in [0.1, 0.15) is 5.82 Å². The predicted octanol–water partition coefficient (Wildman–Crippen LogP) is 7.42. The number of allylic oxidation sites excluding steroid dienone is 4. The molecule has 0 spiro atoms. The van der Waals surface area contributed by atoms with Gasteiger partial charge >= 0.3 is 0 Å². The number of rotatable bonds is 11. The number of benzene rings is 2. The van der Waals surface area contributed by atoms with E-state index in [1.807, 2.05) is 0 Å². The number of nitrogens with zero attached hydrogens (tertiary/aromatic N) is 1. The summed E-state index contributed by atoms with van der Waals surface area (Å²) in [6.45, 7) is 5.58. The van der Waals surface area contributed by atoms with Crippen molar-refractivity contribution in [3.63, 3.8) is 0 Å². The van der Waals surface area contributed by atoms with E-state index in [1.165, 1.54) is 53.4 Å². The SMILES string of the molecule is C=CC(Cc1ccc(/C=C\CCC/C2=C/C=C(\CN)CCCCN2)cc1)/N=C/c1cc(F)ccc1Cl. The normalized spacial score (nSPS) is 18.4. The van der Waals surface area contributed by atoms with Crippen LogP contribution in [-0.2, 0) is 6.42 Å². The van der Waals surface area contributed by atoms with E-state index in [0.717, 1.165) is 38.6 Å². The van der Waals surface area contributed by atoms with E-state index in [0.29, 0.717) is 17.1 Å². The summed E-state index contributed by atoms with van der Waals surface area (Å²) in [6.07, 6.45) is 19.6. The summed E-state index contributed by atoms with van der Waals surface area (Å²) in [4.78, 5) is 4.54. The van der Waals surface area contributed by atoms with Crippen LogP contribution in [0.1, 0.15) is 55.2 Å². The molecule has 190 valence electrons. The van der Waals surface area contributed by atoms with Crippen LogP contribution < -0.4 is 11.1 Å². The van der Waals surface area contributed by atoms with Gasteiger partial charge in [0, 0.05) is 35.6 Å². The Balaban J connectivity index is 1.47. The van der Waals surface area contributed by atoms with E-state index in [-0.39, 0.29) is 11.9 Å². The molecule has 1 heterocycles. The van der Waals surface area contributed by atoms with E-state index in [1.54, 1.807) is 12.3 Å². The zero-order valence-corrected chi connectivity index (χ0v) is 21.7. The monoisotopic (exact) mass is 505 g/mol. The van der Waals surface area contributed by atoms with Crippen LogP contribution in [0, 0.1) is 5.82 Å². The molecule has 0 aliphatic carbocycles. The number of nitrogens with two attached hydrogens (primary N) is 1. The van der Waals surface area contributed by atoms with E-state index in [9.17, 15) is 4.39 Å². The molecule has 2 aromatic carbocycles. The molecule has 3 nitrogen and oxygen atoms in total. The Bertz CT molecular complexity index is 1100. The fourth-order valence-corrected chi connectivity index (χ4v) is 4.22. The Morgan fingerprint density at radius 2 is 1.97 bits per heavy atom. The van der Waals surface area contributed by atoms with E-state index in [4.69, 9.17) is 17.3 Å². The minimum atomic E-state index is -0.332. The summed E-state index contributed by atoms with van der Waals surface area (Å²) in [5.41, 5.74) is 11.4. The van der Waals surface area contributed by atoms with Crippen LogP contribution in [0.5, 0.6) is 0 Å². The smallest absolute Gasteiger partial charge is 0.123 e. The summed E-state index contributed by atoms with van der Waals surface area (Å²) >= 11 is 6.13. The summed E-state index contributed by atoms with van der Waals surface area (Å²) in [7, 11) is 0. The highest BCUT2D eigenvalue weighted by Gasteiger charge is 2.05. The molecule has 0 bridgehead atoms. The van der Waals surface area contributed by atoms with Crippen molar-refractivity contribution in [1.82, 2.24) is 5.32 Å². The van der Waals surface area contributed by atoms with Gasteiger partial charge in [0.15, 0.2) is 0 Å². The number of halogens is 2. The van der Waals surface area contributed by atoms with Crippen molar-refractivity contribution >= 4 is 23.9 Å². The highest BCUT2D eigenvalue weighted by molar-refractivity contribution is 6.33. The Labute approximate surface area is 220 Å². The summed E-state index contributed by atoms with van der Waals surface area (Å²) < 4.78 is 13.5. The maximum Gasteiger partial charge on any atom is 0.123 e. The molecular formula is C31H37ClFN3. The van der Waals surface area contributed by atoms with E-state index < -0.39 is 0 Å². The third kappa shape index (κ3) is 9.60. The Kier molecular flexibility index (Phi) is 11.7. The molecule has 1 unspecified atom stereocenters. The largest absolute Gasteiger partial charge is 0.388 e. The molecule has 5 heteroatoms. The van der Waals surface area contributed by atoms with Crippen molar-refractivity contribution in [1.29, 1.82) is 0 Å². The van der Waals surface area contributed by atoms with Crippen molar-refractivity contribution in [3.8, 4) is 0 Å². The first-order chi connectivity index (χ1) is 17.6. The number of hydrogen-bond acceptors (Lipinski definition) is 3. The highest BCUT2D eigenvalue weighted by Crippen LogP contribution is 2.17. The number of aliphatic imine (C=N–C) groups is 1. The van der Waals surface area contributed by atoms with Gasteiger partial charge in [-0.1, -0.05) is 65.7 Å². The first-order valence-electron chi connectivity index (χ1n) is 12.8. The lowest BCUT2D eigenvalue weighted by Crippen LogP contribution is -2.14. The van der Waals surface area contributed by atoms with Crippen molar-refractivity contribution < 1.29 is 4.39 Å². The number of hydrogen-bond donors (Lipinski definition) is 2. The van der Waals surface area contributed by atoms with Gasteiger partial charge in [0.25, 0.3) is 0 Å². The average Bonchev–Trinajstić information content (AvgIpc) is 3.01. The molecule has 1 aliphatic rings. The zero-order valence-electron chi connectivity index (χ0n) is 20.9. The van der Waals surface area contributed by atoms with Crippen molar-refractivity contribution in [3.05, 3.63) is 112 Å². The van der Waals surface area contributed by atoms with E-state index >= 15 is 0 Å². The topological polar surface area (TPSA) is 50.4 Å². The van der Waals surface area contributed by atoms with E-state index in [2.05, 4.69) is 65.5 Å². The Hall–Kier alpha value is -2.95. The first kappa shape index (κ1) is 27.6. The maximum atomic E-state index is 13.5. The summed E-state index contributed by atoms with van der Waals surface area (Å²) in [5.74, 6) is -0.332. The third-order valence-electron chi connectivity index (χ3n) is 6.25. The minimum Gasteiger partial charge on any atom is -0.388 e. The lowest BCUT2D eigenvalue weighted by atomic mass is 10.0. The first-order valence-corrected chi connectivity index (χ1v) is 13.1. The van der Waals surface area contributed by atoms with Crippen molar-refractivity contribution in [2.75, 3.05) is 13.1 Å². The molecule has 0 saturated heterocycles. The van der Waals surface area contributed by atoms with Crippen LogP contribution in [0.2, 0.25) is 5.02 Å². The maximum absolute atomic E-state index is 13.5. The molecule has 0 amide bonds. The van der Waals surface area contributed by atoms with Gasteiger partial charge in [-0.05, 0) is 80.3 Å². The van der Waals surface area contributed by atoms with Gasteiger partial charge in [-0.3, -0.25) is 4.99 Å². The molecule has 0 aromatic heterocycles. The molecule has 3 rings (SSSR count). The fourth-order valence-electron chi connectivity index (χ4n) is 4.05. The van der Waals surface area contributed by atoms with Crippen LogP contribution >= 0.6 is 11.6 Å².